The van der Waals surface area contributed by atoms with Crippen LogP contribution >= 0.6 is 0 Å². The van der Waals surface area contributed by atoms with E-state index < -0.39 is 15.8 Å². The minimum atomic E-state index is -3.86. The Labute approximate surface area is 152 Å². The minimum absolute atomic E-state index is 0.00538. The third-order valence-electron chi connectivity index (χ3n) is 4.19. The Kier molecular flexibility index (Phi) is 5.38. The third-order valence-corrected chi connectivity index (χ3v) is 6.00. The molecule has 1 fully saturated rings. The Morgan fingerprint density at radius 1 is 1.12 bits per heavy atom. The molecule has 0 saturated heterocycles. The maximum atomic E-state index is 13.1. The molecule has 1 aliphatic rings. The second-order valence-electron chi connectivity index (χ2n) is 6.55. The van der Waals surface area contributed by atoms with Crippen molar-refractivity contribution >= 4 is 15.9 Å². The van der Waals surface area contributed by atoms with Gasteiger partial charge in [-0.1, -0.05) is 29.8 Å². The van der Waals surface area contributed by atoms with Gasteiger partial charge in [0.25, 0.3) is 0 Å². The second-order valence-corrected chi connectivity index (χ2v) is 8.49. The number of hydrogen-bond donors (Lipinski definition) is 1. The molecular weight excluding hydrogens is 355 g/mol. The van der Waals surface area contributed by atoms with E-state index in [1.54, 1.807) is 12.1 Å². The molecule has 0 bridgehead atoms. The molecule has 2 aromatic rings. The number of rotatable bonds is 7. The minimum Gasteiger partial charge on any atom is -0.352 e. The van der Waals surface area contributed by atoms with E-state index in [0.717, 1.165) is 22.7 Å². The van der Waals surface area contributed by atoms with E-state index in [1.807, 2.05) is 6.92 Å². The Hall–Kier alpha value is -2.25. The normalized spacial score (nSPS) is 14.4. The molecule has 1 aliphatic carbocycles. The molecule has 3 rings (SSSR count). The van der Waals surface area contributed by atoms with Gasteiger partial charge in [0.15, 0.2) is 0 Å². The summed E-state index contributed by atoms with van der Waals surface area (Å²) >= 11 is 0. The SMILES string of the molecule is Cc1ccc(S(=O)(=O)N(CC(=O)NC2CC2)Cc2ccc(F)cc2)cc1. The van der Waals surface area contributed by atoms with Crippen molar-refractivity contribution in [2.24, 2.45) is 0 Å². The average Bonchev–Trinajstić information content (AvgIpc) is 3.40. The highest BCUT2D eigenvalue weighted by Gasteiger charge is 2.29. The number of halogens is 1. The molecule has 0 radical (unpaired) electrons. The molecule has 0 spiro atoms. The van der Waals surface area contributed by atoms with Gasteiger partial charge in [-0.15, -0.1) is 0 Å². The Morgan fingerprint density at radius 2 is 1.73 bits per heavy atom. The van der Waals surface area contributed by atoms with Crippen LogP contribution in [0.4, 0.5) is 4.39 Å². The molecule has 0 heterocycles. The van der Waals surface area contributed by atoms with E-state index in [-0.39, 0.29) is 29.9 Å². The molecule has 0 aliphatic heterocycles. The van der Waals surface area contributed by atoms with E-state index in [0.29, 0.717) is 5.56 Å². The number of carbonyl (C=O) groups excluding carboxylic acids is 1. The molecule has 2 aromatic carbocycles. The van der Waals surface area contributed by atoms with Gasteiger partial charge in [0, 0.05) is 12.6 Å². The van der Waals surface area contributed by atoms with Crippen LogP contribution in [0.15, 0.2) is 53.4 Å². The van der Waals surface area contributed by atoms with Crippen LogP contribution in [-0.2, 0) is 21.4 Å². The van der Waals surface area contributed by atoms with Crippen LogP contribution in [-0.4, -0.2) is 31.2 Å². The number of carbonyl (C=O) groups is 1. The number of sulfonamides is 1. The summed E-state index contributed by atoms with van der Waals surface area (Å²) in [5.41, 5.74) is 1.56. The molecule has 26 heavy (non-hydrogen) atoms. The van der Waals surface area contributed by atoms with Crippen LogP contribution in [0.5, 0.6) is 0 Å². The fraction of sp³-hybridized carbons (Fsp3) is 0.316. The van der Waals surface area contributed by atoms with Gasteiger partial charge >= 0.3 is 0 Å². The van der Waals surface area contributed by atoms with Gasteiger partial charge in [-0.2, -0.15) is 4.31 Å². The van der Waals surface area contributed by atoms with Crippen LogP contribution in [0, 0.1) is 12.7 Å². The smallest absolute Gasteiger partial charge is 0.243 e. The standard InChI is InChI=1S/C19H21FN2O3S/c1-14-2-10-18(11-3-14)26(24,25)22(13-19(23)21-17-8-9-17)12-15-4-6-16(20)7-5-15/h2-7,10-11,17H,8-9,12-13H2,1H3,(H,21,23). The number of nitrogens with one attached hydrogen (secondary N) is 1. The van der Waals surface area contributed by atoms with Gasteiger partial charge in [0.05, 0.1) is 11.4 Å². The lowest BCUT2D eigenvalue weighted by atomic mass is 10.2. The molecule has 1 N–H and O–H groups in total. The van der Waals surface area contributed by atoms with Crippen molar-refractivity contribution in [2.45, 2.75) is 37.2 Å². The number of amides is 1. The predicted octanol–water partition coefficient (Wildman–Crippen LogP) is 2.60. The quantitative estimate of drug-likeness (QED) is 0.808. The first-order valence-corrected chi connectivity index (χ1v) is 9.89. The summed E-state index contributed by atoms with van der Waals surface area (Å²) in [7, 11) is -3.86. The van der Waals surface area contributed by atoms with Gasteiger partial charge in [-0.3, -0.25) is 4.79 Å². The summed E-state index contributed by atoms with van der Waals surface area (Å²) in [4.78, 5) is 12.3. The molecule has 0 aromatic heterocycles. The topological polar surface area (TPSA) is 66.5 Å². The van der Waals surface area contributed by atoms with Crippen LogP contribution in [0.2, 0.25) is 0 Å². The molecule has 1 amide bonds. The summed E-state index contributed by atoms with van der Waals surface area (Å²) in [5.74, 6) is -0.724. The predicted molar refractivity (Wildman–Crippen MR) is 96.3 cm³/mol. The lowest BCUT2D eigenvalue weighted by Crippen LogP contribution is -2.41. The summed E-state index contributed by atoms with van der Waals surface area (Å²) in [5, 5.41) is 2.81. The summed E-state index contributed by atoms with van der Waals surface area (Å²) < 4.78 is 40.3. The third kappa shape index (κ3) is 4.68. The lowest BCUT2D eigenvalue weighted by Gasteiger charge is -2.22. The number of nitrogens with zero attached hydrogens (tertiary/aromatic N) is 1. The van der Waals surface area contributed by atoms with Crippen LogP contribution in [0.1, 0.15) is 24.0 Å². The van der Waals surface area contributed by atoms with Gasteiger partial charge in [0.1, 0.15) is 5.82 Å². The van der Waals surface area contributed by atoms with E-state index in [2.05, 4.69) is 5.32 Å². The van der Waals surface area contributed by atoms with Crippen molar-refractivity contribution in [3.63, 3.8) is 0 Å². The molecule has 5 nitrogen and oxygen atoms in total. The summed E-state index contributed by atoms with van der Waals surface area (Å²) in [6.07, 6.45) is 1.85. The number of aryl methyl sites for hydroxylation is 1. The van der Waals surface area contributed by atoms with Gasteiger partial charge < -0.3 is 5.32 Å². The highest BCUT2D eigenvalue weighted by molar-refractivity contribution is 7.89. The first-order valence-electron chi connectivity index (χ1n) is 8.45. The van der Waals surface area contributed by atoms with Crippen molar-refractivity contribution in [1.29, 1.82) is 0 Å². The van der Waals surface area contributed by atoms with Gasteiger partial charge in [0.2, 0.25) is 15.9 Å². The van der Waals surface area contributed by atoms with E-state index in [4.69, 9.17) is 0 Å². The molecule has 0 unspecified atom stereocenters. The fourth-order valence-corrected chi connectivity index (χ4v) is 3.92. The highest BCUT2D eigenvalue weighted by Crippen LogP contribution is 2.21. The number of hydrogen-bond acceptors (Lipinski definition) is 3. The van der Waals surface area contributed by atoms with Crippen LogP contribution < -0.4 is 5.32 Å². The molecule has 1 saturated carbocycles. The lowest BCUT2D eigenvalue weighted by molar-refractivity contribution is -0.121. The Bertz CT molecular complexity index is 876. The Morgan fingerprint density at radius 3 is 2.31 bits per heavy atom. The van der Waals surface area contributed by atoms with Crippen molar-refractivity contribution in [3.05, 3.63) is 65.5 Å². The zero-order valence-corrected chi connectivity index (χ0v) is 15.3. The van der Waals surface area contributed by atoms with Crippen molar-refractivity contribution in [2.75, 3.05) is 6.54 Å². The Balaban J connectivity index is 1.85. The first kappa shape index (κ1) is 18.5. The zero-order chi connectivity index (χ0) is 18.7. The highest BCUT2D eigenvalue weighted by atomic mass is 32.2. The monoisotopic (exact) mass is 376 g/mol. The van der Waals surface area contributed by atoms with Crippen molar-refractivity contribution in [3.8, 4) is 0 Å². The first-order chi connectivity index (χ1) is 12.3. The van der Waals surface area contributed by atoms with Crippen LogP contribution in [0.3, 0.4) is 0 Å². The van der Waals surface area contributed by atoms with E-state index >= 15 is 0 Å². The van der Waals surface area contributed by atoms with E-state index in [1.165, 1.54) is 36.4 Å². The molecule has 0 atom stereocenters. The largest absolute Gasteiger partial charge is 0.352 e. The molecule has 138 valence electrons. The average molecular weight is 376 g/mol. The molecular formula is C19H21FN2O3S. The zero-order valence-electron chi connectivity index (χ0n) is 14.5. The van der Waals surface area contributed by atoms with Gasteiger partial charge in [-0.25, -0.2) is 12.8 Å². The fourth-order valence-electron chi connectivity index (χ4n) is 2.54. The van der Waals surface area contributed by atoms with Crippen LogP contribution in [0.25, 0.3) is 0 Å². The van der Waals surface area contributed by atoms with Crippen molar-refractivity contribution < 1.29 is 17.6 Å². The van der Waals surface area contributed by atoms with Gasteiger partial charge in [-0.05, 0) is 49.6 Å². The van der Waals surface area contributed by atoms with Crippen molar-refractivity contribution in [1.82, 2.24) is 9.62 Å². The maximum absolute atomic E-state index is 13.1. The summed E-state index contributed by atoms with van der Waals surface area (Å²) in [6.45, 7) is 1.59. The molecule has 7 heteroatoms. The van der Waals surface area contributed by atoms with E-state index in [9.17, 15) is 17.6 Å². The summed E-state index contributed by atoms with van der Waals surface area (Å²) in [6, 6.07) is 12.2. The number of benzene rings is 2. The second kappa shape index (κ2) is 7.55. The maximum Gasteiger partial charge on any atom is 0.243 e.